The fourth-order valence-electron chi connectivity index (χ4n) is 4.00. The largest absolute Gasteiger partial charge is 0.416 e. The second-order valence-corrected chi connectivity index (χ2v) is 7.30. The summed E-state index contributed by atoms with van der Waals surface area (Å²) in [5.74, 6) is 0.878. The number of hydrogen-bond donors (Lipinski definition) is 1. The second kappa shape index (κ2) is 6.53. The molecule has 1 aromatic carbocycles. The molecule has 2 aromatic rings. The third-order valence-corrected chi connectivity index (χ3v) is 5.73. The Balaban J connectivity index is 0.00000196. The van der Waals surface area contributed by atoms with Gasteiger partial charge in [-0.2, -0.15) is 18.2 Å². The maximum absolute atomic E-state index is 13.1. The minimum absolute atomic E-state index is 0. The average Bonchev–Trinajstić information content (AvgIpc) is 3.22. The molecule has 4 nitrogen and oxygen atoms in total. The van der Waals surface area contributed by atoms with Crippen LogP contribution in [0.2, 0.25) is 0 Å². The highest BCUT2D eigenvalue weighted by molar-refractivity contribution is 5.85. The summed E-state index contributed by atoms with van der Waals surface area (Å²) in [6.45, 7) is 0. The van der Waals surface area contributed by atoms with Crippen molar-refractivity contribution in [2.75, 3.05) is 0 Å². The van der Waals surface area contributed by atoms with E-state index >= 15 is 0 Å². The summed E-state index contributed by atoms with van der Waals surface area (Å²) < 4.78 is 44.9. The maximum atomic E-state index is 13.1. The van der Waals surface area contributed by atoms with Crippen LogP contribution in [0.15, 0.2) is 28.8 Å². The number of alkyl halides is 3. The molecule has 2 aliphatic carbocycles. The van der Waals surface area contributed by atoms with E-state index in [4.69, 9.17) is 10.3 Å². The normalized spacial score (nSPS) is 21.1. The lowest BCUT2D eigenvalue weighted by atomic mass is 9.76. The number of benzene rings is 1. The number of halogens is 4. The van der Waals surface area contributed by atoms with E-state index in [9.17, 15) is 13.2 Å². The van der Waals surface area contributed by atoms with Crippen LogP contribution in [-0.2, 0) is 17.1 Å². The molecule has 8 heteroatoms. The Kier molecular flexibility index (Phi) is 4.82. The van der Waals surface area contributed by atoms with Gasteiger partial charge in [0, 0.05) is 0 Å². The van der Waals surface area contributed by atoms with Gasteiger partial charge in [-0.1, -0.05) is 36.2 Å². The Hall–Kier alpha value is -1.60. The van der Waals surface area contributed by atoms with Crippen molar-refractivity contribution < 1.29 is 17.7 Å². The van der Waals surface area contributed by atoms with Gasteiger partial charge in [-0.25, -0.2) is 0 Å². The summed E-state index contributed by atoms with van der Waals surface area (Å²) in [7, 11) is 0. The molecule has 0 amide bonds. The van der Waals surface area contributed by atoms with E-state index in [1.54, 1.807) is 6.07 Å². The lowest BCUT2D eigenvalue weighted by Crippen LogP contribution is -2.44. The van der Waals surface area contributed by atoms with Crippen LogP contribution in [0.5, 0.6) is 0 Å². The predicted octanol–water partition coefficient (Wildman–Crippen LogP) is 4.71. The SMILES string of the molecule is Cl.NC1(c2noc(C3(c4cccc(C(F)(F)F)c4)CCCC3)n2)CCC1. The summed E-state index contributed by atoms with van der Waals surface area (Å²) in [5.41, 5.74) is 5.02. The summed E-state index contributed by atoms with van der Waals surface area (Å²) in [4.78, 5) is 4.54. The van der Waals surface area contributed by atoms with Crippen molar-refractivity contribution in [3.63, 3.8) is 0 Å². The number of nitrogens with zero attached hydrogens (tertiary/aromatic N) is 2. The van der Waals surface area contributed by atoms with Gasteiger partial charge in [-0.05, 0) is 43.7 Å². The molecule has 1 aromatic heterocycles. The van der Waals surface area contributed by atoms with Crippen molar-refractivity contribution in [1.29, 1.82) is 0 Å². The molecule has 0 spiro atoms. The minimum Gasteiger partial charge on any atom is -0.338 e. The van der Waals surface area contributed by atoms with Gasteiger partial charge in [-0.3, -0.25) is 0 Å². The topological polar surface area (TPSA) is 64.9 Å². The molecule has 0 saturated heterocycles. The Labute approximate surface area is 155 Å². The molecule has 0 aliphatic heterocycles. The Bertz CT molecular complexity index is 780. The third-order valence-electron chi connectivity index (χ3n) is 5.73. The Morgan fingerprint density at radius 2 is 1.73 bits per heavy atom. The third kappa shape index (κ3) is 3.01. The van der Waals surface area contributed by atoms with Crippen molar-refractivity contribution in [1.82, 2.24) is 10.1 Å². The van der Waals surface area contributed by atoms with E-state index < -0.39 is 22.7 Å². The van der Waals surface area contributed by atoms with Gasteiger partial charge in [-0.15, -0.1) is 12.4 Å². The molecule has 1 heterocycles. The van der Waals surface area contributed by atoms with E-state index in [0.717, 1.165) is 38.2 Å². The summed E-state index contributed by atoms with van der Waals surface area (Å²) >= 11 is 0. The van der Waals surface area contributed by atoms with Crippen molar-refractivity contribution >= 4 is 12.4 Å². The van der Waals surface area contributed by atoms with Crippen LogP contribution >= 0.6 is 12.4 Å². The number of nitrogens with two attached hydrogens (primary N) is 1. The van der Waals surface area contributed by atoms with Gasteiger partial charge in [0.1, 0.15) is 0 Å². The van der Waals surface area contributed by atoms with E-state index in [2.05, 4.69) is 10.1 Å². The van der Waals surface area contributed by atoms with Gasteiger partial charge in [0.2, 0.25) is 5.89 Å². The van der Waals surface area contributed by atoms with Gasteiger partial charge < -0.3 is 10.3 Å². The molecule has 0 radical (unpaired) electrons. The molecule has 2 saturated carbocycles. The van der Waals surface area contributed by atoms with Gasteiger partial charge in [0.15, 0.2) is 5.82 Å². The van der Waals surface area contributed by atoms with Crippen LogP contribution in [0.1, 0.15) is 67.8 Å². The first kappa shape index (κ1) is 19.2. The van der Waals surface area contributed by atoms with Gasteiger partial charge in [0.05, 0.1) is 16.5 Å². The first-order valence-corrected chi connectivity index (χ1v) is 8.65. The van der Waals surface area contributed by atoms with Crippen molar-refractivity contribution in [3.8, 4) is 0 Å². The van der Waals surface area contributed by atoms with Crippen LogP contribution in [0.25, 0.3) is 0 Å². The number of aromatic nitrogens is 2. The fourth-order valence-corrected chi connectivity index (χ4v) is 4.00. The van der Waals surface area contributed by atoms with Crippen LogP contribution in [0, 0.1) is 0 Å². The molecule has 4 rings (SSSR count). The molecular formula is C18H21ClF3N3O. The molecule has 2 aliphatic rings. The zero-order valence-corrected chi connectivity index (χ0v) is 15.0. The van der Waals surface area contributed by atoms with Crippen LogP contribution in [0.3, 0.4) is 0 Å². The second-order valence-electron chi connectivity index (χ2n) is 7.30. The highest BCUT2D eigenvalue weighted by Gasteiger charge is 2.46. The van der Waals surface area contributed by atoms with Crippen molar-refractivity contribution in [3.05, 3.63) is 47.1 Å². The summed E-state index contributed by atoms with van der Waals surface area (Å²) in [5, 5.41) is 4.06. The Morgan fingerprint density at radius 1 is 1.04 bits per heavy atom. The summed E-state index contributed by atoms with van der Waals surface area (Å²) in [6, 6.07) is 5.49. The lowest BCUT2D eigenvalue weighted by molar-refractivity contribution is -0.137. The smallest absolute Gasteiger partial charge is 0.338 e. The first-order chi connectivity index (χ1) is 11.8. The molecule has 0 bridgehead atoms. The Morgan fingerprint density at radius 3 is 2.31 bits per heavy atom. The monoisotopic (exact) mass is 387 g/mol. The van der Waals surface area contributed by atoms with E-state index in [1.165, 1.54) is 12.1 Å². The molecule has 0 atom stereocenters. The van der Waals surface area contributed by atoms with Gasteiger partial charge >= 0.3 is 6.18 Å². The molecule has 2 fully saturated rings. The quantitative estimate of drug-likeness (QED) is 0.828. The summed E-state index contributed by atoms with van der Waals surface area (Å²) in [6.07, 6.45) is 1.51. The highest BCUT2D eigenvalue weighted by atomic mass is 35.5. The average molecular weight is 388 g/mol. The standard InChI is InChI=1S/C18H20F3N3O.ClH/c19-18(20,21)13-6-3-5-12(11-13)16(7-1-2-8-16)15-23-14(24-25-15)17(22)9-4-10-17;/h3,5-6,11H,1-2,4,7-10,22H2;1H. The number of hydrogen-bond acceptors (Lipinski definition) is 4. The fraction of sp³-hybridized carbons (Fsp3) is 0.556. The van der Waals surface area contributed by atoms with E-state index in [1.807, 2.05) is 0 Å². The van der Waals surface area contributed by atoms with Gasteiger partial charge in [0.25, 0.3) is 0 Å². The first-order valence-electron chi connectivity index (χ1n) is 8.65. The molecule has 0 unspecified atom stereocenters. The van der Waals surface area contributed by atoms with Crippen LogP contribution in [0.4, 0.5) is 13.2 Å². The zero-order valence-electron chi connectivity index (χ0n) is 14.2. The predicted molar refractivity (Wildman–Crippen MR) is 92.0 cm³/mol. The molecule has 2 N–H and O–H groups in total. The van der Waals surface area contributed by atoms with Crippen LogP contribution in [-0.4, -0.2) is 10.1 Å². The van der Waals surface area contributed by atoms with E-state index in [-0.39, 0.29) is 12.4 Å². The zero-order chi connectivity index (χ0) is 17.7. The van der Waals surface area contributed by atoms with E-state index in [0.29, 0.717) is 30.1 Å². The lowest BCUT2D eigenvalue weighted by Gasteiger charge is -2.34. The molecule has 142 valence electrons. The highest BCUT2D eigenvalue weighted by Crippen LogP contribution is 2.47. The van der Waals surface area contributed by atoms with Crippen molar-refractivity contribution in [2.24, 2.45) is 5.73 Å². The van der Waals surface area contributed by atoms with Crippen LogP contribution < -0.4 is 5.73 Å². The molecular weight excluding hydrogens is 367 g/mol. The molecule has 26 heavy (non-hydrogen) atoms. The maximum Gasteiger partial charge on any atom is 0.416 e. The van der Waals surface area contributed by atoms with Crippen molar-refractivity contribution in [2.45, 2.75) is 62.1 Å². The minimum atomic E-state index is -4.37. The number of rotatable bonds is 3.